The Morgan fingerprint density at radius 1 is 1.26 bits per heavy atom. The van der Waals surface area contributed by atoms with Gasteiger partial charge in [-0.15, -0.1) is 0 Å². The predicted molar refractivity (Wildman–Crippen MR) is 95.1 cm³/mol. The lowest BCUT2D eigenvalue weighted by molar-refractivity contribution is -0.116. The van der Waals surface area contributed by atoms with Crippen LogP contribution < -0.4 is 5.32 Å². The lowest BCUT2D eigenvalue weighted by Crippen LogP contribution is -2.17. The molecule has 124 valence electrons. The van der Waals surface area contributed by atoms with Gasteiger partial charge in [0.05, 0.1) is 11.4 Å². The fourth-order valence-electron chi connectivity index (χ4n) is 2.39. The molecule has 2 rings (SSSR count). The molecule has 0 atom stereocenters. The summed E-state index contributed by atoms with van der Waals surface area (Å²) in [5.74, 6) is 1.08. The Balaban J connectivity index is 2.45. The Morgan fingerprint density at radius 2 is 1.91 bits per heavy atom. The molecule has 0 bridgehead atoms. The molecule has 0 saturated heterocycles. The molecule has 4 heteroatoms. The summed E-state index contributed by atoms with van der Waals surface area (Å²) >= 11 is 0. The van der Waals surface area contributed by atoms with Crippen molar-refractivity contribution in [3.05, 3.63) is 41.6 Å². The molecule has 0 aliphatic carbocycles. The number of carbonyl (C=O) groups is 1. The van der Waals surface area contributed by atoms with Gasteiger partial charge in [0.25, 0.3) is 0 Å². The van der Waals surface area contributed by atoms with Crippen LogP contribution in [0.2, 0.25) is 0 Å². The van der Waals surface area contributed by atoms with Gasteiger partial charge < -0.3 is 5.32 Å². The molecule has 0 unspecified atom stereocenters. The zero-order valence-electron chi connectivity index (χ0n) is 15.0. The first-order valence-electron chi connectivity index (χ1n) is 8.15. The standard InChI is InChI=1S/C19H27N3O/c1-13(2)11-18(23)20-17-12-16(19(4,5)6)21-22(17)15-10-8-7-9-14(15)3/h7-10,12-13H,11H2,1-6H3,(H,20,23). The predicted octanol–water partition coefficient (Wildman–Crippen LogP) is 4.46. The number of hydrogen-bond acceptors (Lipinski definition) is 2. The van der Waals surface area contributed by atoms with Crippen molar-refractivity contribution in [3.63, 3.8) is 0 Å². The van der Waals surface area contributed by atoms with Crippen LogP contribution in [0.4, 0.5) is 5.82 Å². The first-order chi connectivity index (χ1) is 10.7. The van der Waals surface area contributed by atoms with Gasteiger partial charge in [-0.2, -0.15) is 5.10 Å². The molecule has 1 amide bonds. The van der Waals surface area contributed by atoms with Gasteiger partial charge in [-0.1, -0.05) is 52.8 Å². The number of amides is 1. The second-order valence-corrected chi connectivity index (χ2v) is 7.51. The third-order valence-corrected chi connectivity index (χ3v) is 3.68. The summed E-state index contributed by atoms with van der Waals surface area (Å²) in [5.41, 5.74) is 2.99. The van der Waals surface area contributed by atoms with Crippen LogP contribution in [0.5, 0.6) is 0 Å². The average Bonchev–Trinajstić information content (AvgIpc) is 2.82. The van der Waals surface area contributed by atoms with Crippen LogP contribution in [0.25, 0.3) is 5.69 Å². The smallest absolute Gasteiger partial charge is 0.225 e. The number of para-hydroxylation sites is 1. The molecular weight excluding hydrogens is 286 g/mol. The second kappa shape index (κ2) is 6.57. The monoisotopic (exact) mass is 313 g/mol. The minimum atomic E-state index is -0.0779. The number of aryl methyl sites for hydroxylation is 1. The van der Waals surface area contributed by atoms with Crippen LogP contribution in [-0.2, 0) is 10.2 Å². The zero-order chi connectivity index (χ0) is 17.2. The Hall–Kier alpha value is -2.10. The Labute approximate surface area is 138 Å². The van der Waals surface area contributed by atoms with Gasteiger partial charge in [-0.25, -0.2) is 4.68 Å². The summed E-state index contributed by atoms with van der Waals surface area (Å²) in [5, 5.41) is 7.77. The first-order valence-corrected chi connectivity index (χ1v) is 8.15. The van der Waals surface area contributed by atoms with E-state index in [1.807, 2.05) is 55.8 Å². The molecule has 0 radical (unpaired) electrons. The van der Waals surface area contributed by atoms with E-state index in [2.05, 4.69) is 26.1 Å². The van der Waals surface area contributed by atoms with Gasteiger partial charge in [0.15, 0.2) is 0 Å². The number of nitrogens with one attached hydrogen (secondary N) is 1. The van der Waals surface area contributed by atoms with Gasteiger partial charge >= 0.3 is 0 Å². The van der Waals surface area contributed by atoms with Crippen molar-refractivity contribution >= 4 is 11.7 Å². The second-order valence-electron chi connectivity index (χ2n) is 7.51. The Bertz CT molecular complexity index is 693. The van der Waals surface area contributed by atoms with Gasteiger partial charge in [0.2, 0.25) is 5.91 Å². The largest absolute Gasteiger partial charge is 0.311 e. The van der Waals surface area contributed by atoms with Crippen LogP contribution in [0.3, 0.4) is 0 Å². The molecule has 4 nitrogen and oxygen atoms in total. The van der Waals surface area contributed by atoms with Crippen molar-refractivity contribution < 1.29 is 4.79 Å². The third-order valence-electron chi connectivity index (χ3n) is 3.68. The third kappa shape index (κ3) is 4.21. The molecule has 2 aromatic rings. The van der Waals surface area contributed by atoms with Gasteiger partial charge in [0, 0.05) is 17.9 Å². The maximum absolute atomic E-state index is 12.2. The van der Waals surface area contributed by atoms with E-state index in [-0.39, 0.29) is 11.3 Å². The summed E-state index contributed by atoms with van der Waals surface area (Å²) in [7, 11) is 0. The van der Waals surface area contributed by atoms with Crippen LogP contribution in [0.15, 0.2) is 30.3 Å². The van der Waals surface area contributed by atoms with Crippen LogP contribution >= 0.6 is 0 Å². The molecule has 1 aromatic carbocycles. The molecule has 1 N–H and O–H groups in total. The van der Waals surface area contributed by atoms with E-state index < -0.39 is 0 Å². The fourth-order valence-corrected chi connectivity index (χ4v) is 2.39. The summed E-state index contributed by atoms with van der Waals surface area (Å²) in [6.07, 6.45) is 0.504. The topological polar surface area (TPSA) is 46.9 Å². The number of benzene rings is 1. The van der Waals surface area contributed by atoms with E-state index in [0.29, 0.717) is 12.3 Å². The van der Waals surface area contributed by atoms with Crippen LogP contribution in [-0.4, -0.2) is 15.7 Å². The highest BCUT2D eigenvalue weighted by Crippen LogP contribution is 2.27. The number of hydrogen-bond donors (Lipinski definition) is 1. The Morgan fingerprint density at radius 3 is 2.48 bits per heavy atom. The maximum atomic E-state index is 12.2. The highest BCUT2D eigenvalue weighted by molar-refractivity contribution is 5.90. The number of anilines is 1. The summed E-state index contributed by atoms with van der Waals surface area (Å²) in [6.45, 7) is 12.5. The molecule has 23 heavy (non-hydrogen) atoms. The van der Waals surface area contributed by atoms with Gasteiger partial charge in [-0.3, -0.25) is 4.79 Å². The number of aromatic nitrogens is 2. The molecule has 0 saturated carbocycles. The summed E-state index contributed by atoms with van der Waals surface area (Å²) in [4.78, 5) is 12.2. The summed E-state index contributed by atoms with van der Waals surface area (Å²) < 4.78 is 1.84. The molecule has 1 aromatic heterocycles. The van der Waals surface area contributed by atoms with E-state index in [1.54, 1.807) is 0 Å². The maximum Gasteiger partial charge on any atom is 0.225 e. The average molecular weight is 313 g/mol. The van der Waals surface area contributed by atoms with Crippen LogP contribution in [0, 0.1) is 12.8 Å². The highest BCUT2D eigenvalue weighted by atomic mass is 16.1. The number of nitrogens with zero attached hydrogens (tertiary/aromatic N) is 2. The van der Waals surface area contributed by atoms with E-state index in [0.717, 1.165) is 22.8 Å². The van der Waals surface area contributed by atoms with Crippen LogP contribution in [0.1, 0.15) is 52.3 Å². The summed E-state index contributed by atoms with van der Waals surface area (Å²) in [6, 6.07) is 10.0. The molecule has 0 aliphatic heterocycles. The normalized spacial score (nSPS) is 11.8. The van der Waals surface area contributed by atoms with E-state index in [1.165, 1.54) is 0 Å². The van der Waals surface area contributed by atoms with Crippen molar-refractivity contribution in [1.82, 2.24) is 9.78 Å². The quantitative estimate of drug-likeness (QED) is 0.905. The molecule has 0 fully saturated rings. The minimum absolute atomic E-state index is 0.0233. The van der Waals surface area contributed by atoms with Crippen molar-refractivity contribution in [2.75, 3.05) is 5.32 Å². The van der Waals surface area contributed by atoms with E-state index >= 15 is 0 Å². The SMILES string of the molecule is Cc1ccccc1-n1nc(C(C)(C)C)cc1NC(=O)CC(C)C. The van der Waals surface area contributed by atoms with Crippen molar-refractivity contribution in [1.29, 1.82) is 0 Å². The number of carbonyl (C=O) groups excluding carboxylic acids is 1. The molecule has 1 heterocycles. The lowest BCUT2D eigenvalue weighted by Gasteiger charge is -2.14. The lowest BCUT2D eigenvalue weighted by atomic mass is 9.92. The van der Waals surface area contributed by atoms with E-state index in [9.17, 15) is 4.79 Å². The van der Waals surface area contributed by atoms with Crippen molar-refractivity contribution in [3.8, 4) is 5.69 Å². The highest BCUT2D eigenvalue weighted by Gasteiger charge is 2.22. The Kier molecular flexibility index (Phi) is 4.93. The van der Waals surface area contributed by atoms with Gasteiger partial charge in [-0.05, 0) is 24.5 Å². The molecule has 0 aliphatic rings. The van der Waals surface area contributed by atoms with E-state index in [4.69, 9.17) is 5.10 Å². The minimum Gasteiger partial charge on any atom is -0.311 e. The molecule has 0 spiro atoms. The van der Waals surface area contributed by atoms with Crippen molar-refractivity contribution in [2.24, 2.45) is 5.92 Å². The molecular formula is C19H27N3O. The zero-order valence-corrected chi connectivity index (χ0v) is 15.0. The fraction of sp³-hybridized carbons (Fsp3) is 0.474. The van der Waals surface area contributed by atoms with Crippen molar-refractivity contribution in [2.45, 2.75) is 53.4 Å². The van der Waals surface area contributed by atoms with Gasteiger partial charge in [0.1, 0.15) is 5.82 Å². The first kappa shape index (κ1) is 17.3. The number of rotatable bonds is 4.